The summed E-state index contributed by atoms with van der Waals surface area (Å²) < 4.78 is 1.43. The standard InChI is InChI=1S/C17H24N4O2/c1-13-7-8-15-14(11-13)12-19-21(15)17(23)6-4-5-16(22)18-9-10-20(2)3/h7-8,11-12H,4-6,9-10H2,1-3H3,(H,18,22). The van der Waals surface area contributed by atoms with Gasteiger partial charge in [0, 0.05) is 31.3 Å². The van der Waals surface area contributed by atoms with Crippen LogP contribution in [0.5, 0.6) is 0 Å². The van der Waals surface area contributed by atoms with Gasteiger partial charge in [0.05, 0.1) is 11.7 Å². The van der Waals surface area contributed by atoms with Crippen LogP contribution in [0.15, 0.2) is 24.4 Å². The maximum absolute atomic E-state index is 12.3. The van der Waals surface area contributed by atoms with Crippen LogP contribution in [0.3, 0.4) is 0 Å². The van der Waals surface area contributed by atoms with Crippen LogP contribution in [0.4, 0.5) is 0 Å². The van der Waals surface area contributed by atoms with Gasteiger partial charge < -0.3 is 10.2 Å². The third kappa shape index (κ3) is 4.89. The van der Waals surface area contributed by atoms with Gasteiger partial charge in [-0.15, -0.1) is 0 Å². The van der Waals surface area contributed by atoms with Gasteiger partial charge in [0.2, 0.25) is 11.8 Å². The number of hydrogen-bond acceptors (Lipinski definition) is 4. The number of carbonyl (C=O) groups excluding carboxylic acids is 2. The lowest BCUT2D eigenvalue weighted by atomic mass is 10.2. The molecule has 0 aliphatic carbocycles. The van der Waals surface area contributed by atoms with Crippen molar-refractivity contribution in [3.63, 3.8) is 0 Å². The Morgan fingerprint density at radius 1 is 1.26 bits per heavy atom. The van der Waals surface area contributed by atoms with Crippen molar-refractivity contribution in [1.82, 2.24) is 20.0 Å². The third-order valence-corrected chi connectivity index (χ3v) is 3.64. The Morgan fingerprint density at radius 2 is 2.04 bits per heavy atom. The normalized spacial score (nSPS) is 11.1. The Balaban J connectivity index is 1.81. The molecule has 0 radical (unpaired) electrons. The van der Waals surface area contributed by atoms with Crippen LogP contribution < -0.4 is 5.32 Å². The fourth-order valence-electron chi connectivity index (χ4n) is 2.36. The molecule has 124 valence electrons. The van der Waals surface area contributed by atoms with Crippen LogP contribution in [-0.2, 0) is 4.79 Å². The van der Waals surface area contributed by atoms with Gasteiger partial charge in [-0.2, -0.15) is 5.10 Å². The quantitative estimate of drug-likeness (QED) is 0.846. The van der Waals surface area contributed by atoms with E-state index in [9.17, 15) is 9.59 Å². The molecule has 0 atom stereocenters. The van der Waals surface area contributed by atoms with Gasteiger partial charge in [-0.25, -0.2) is 4.68 Å². The number of aryl methyl sites for hydroxylation is 1. The molecular weight excluding hydrogens is 292 g/mol. The summed E-state index contributed by atoms with van der Waals surface area (Å²) in [6.45, 7) is 3.44. The first kappa shape index (κ1) is 17.1. The van der Waals surface area contributed by atoms with Crippen LogP contribution in [0.25, 0.3) is 10.9 Å². The van der Waals surface area contributed by atoms with Crippen LogP contribution in [0.1, 0.15) is 29.6 Å². The van der Waals surface area contributed by atoms with Gasteiger partial charge >= 0.3 is 0 Å². The Hall–Kier alpha value is -2.21. The lowest BCUT2D eigenvalue weighted by Gasteiger charge is -2.10. The zero-order valence-corrected chi connectivity index (χ0v) is 14.0. The molecule has 0 aliphatic heterocycles. The number of hydrogen-bond donors (Lipinski definition) is 1. The molecule has 0 saturated carbocycles. The van der Waals surface area contributed by atoms with Crippen LogP contribution in [0.2, 0.25) is 0 Å². The maximum atomic E-state index is 12.3. The molecule has 0 aliphatic rings. The Kier molecular flexibility index (Phi) is 5.87. The molecule has 0 saturated heterocycles. The minimum Gasteiger partial charge on any atom is -0.355 e. The SMILES string of the molecule is Cc1ccc2c(cnn2C(=O)CCCC(=O)NCCN(C)C)c1. The second-order valence-electron chi connectivity index (χ2n) is 6.02. The molecule has 1 heterocycles. The first-order chi connectivity index (χ1) is 11.0. The number of nitrogens with zero attached hydrogens (tertiary/aromatic N) is 3. The van der Waals surface area contributed by atoms with Gasteiger partial charge in [0.25, 0.3) is 0 Å². The Morgan fingerprint density at radius 3 is 2.78 bits per heavy atom. The number of likely N-dealkylation sites (N-methyl/N-ethyl adjacent to an activating group) is 1. The van der Waals surface area contributed by atoms with Gasteiger partial charge in [-0.3, -0.25) is 9.59 Å². The summed E-state index contributed by atoms with van der Waals surface area (Å²) >= 11 is 0. The molecule has 0 spiro atoms. The average molecular weight is 316 g/mol. The molecule has 0 bridgehead atoms. The number of aromatic nitrogens is 2. The fourth-order valence-corrected chi connectivity index (χ4v) is 2.36. The number of nitrogens with one attached hydrogen (secondary N) is 1. The summed E-state index contributed by atoms with van der Waals surface area (Å²) in [7, 11) is 3.92. The van der Waals surface area contributed by atoms with E-state index in [1.807, 2.05) is 44.1 Å². The summed E-state index contributed by atoms with van der Waals surface area (Å²) in [6.07, 6.45) is 2.90. The van der Waals surface area contributed by atoms with Gasteiger partial charge in [-0.1, -0.05) is 11.6 Å². The summed E-state index contributed by atoms with van der Waals surface area (Å²) in [5.41, 5.74) is 1.95. The molecule has 0 fully saturated rings. The molecule has 2 aromatic rings. The first-order valence-electron chi connectivity index (χ1n) is 7.86. The molecular formula is C17H24N4O2. The van der Waals surface area contributed by atoms with E-state index in [4.69, 9.17) is 0 Å². The largest absolute Gasteiger partial charge is 0.355 e. The van der Waals surface area contributed by atoms with Crippen molar-refractivity contribution in [3.8, 4) is 0 Å². The van der Waals surface area contributed by atoms with Gasteiger partial charge in [0.15, 0.2) is 0 Å². The van der Waals surface area contributed by atoms with E-state index in [-0.39, 0.29) is 11.8 Å². The number of fused-ring (bicyclic) bond motifs is 1. The zero-order chi connectivity index (χ0) is 16.8. The van der Waals surface area contributed by atoms with Crippen molar-refractivity contribution >= 4 is 22.7 Å². The predicted molar refractivity (Wildman–Crippen MR) is 90.5 cm³/mol. The van der Waals surface area contributed by atoms with E-state index in [2.05, 4.69) is 10.4 Å². The highest BCUT2D eigenvalue weighted by atomic mass is 16.2. The van der Waals surface area contributed by atoms with E-state index >= 15 is 0 Å². The Labute approximate surface area is 136 Å². The van der Waals surface area contributed by atoms with Crippen LogP contribution in [-0.4, -0.2) is 53.7 Å². The second-order valence-corrected chi connectivity index (χ2v) is 6.02. The van der Waals surface area contributed by atoms with E-state index in [0.29, 0.717) is 25.8 Å². The van der Waals surface area contributed by atoms with E-state index in [1.54, 1.807) is 6.20 Å². The summed E-state index contributed by atoms with van der Waals surface area (Å²) in [4.78, 5) is 25.9. The lowest BCUT2D eigenvalue weighted by molar-refractivity contribution is -0.121. The van der Waals surface area contributed by atoms with Crippen molar-refractivity contribution in [2.75, 3.05) is 27.2 Å². The molecule has 1 aromatic heterocycles. The zero-order valence-electron chi connectivity index (χ0n) is 14.0. The average Bonchev–Trinajstić information content (AvgIpc) is 2.89. The van der Waals surface area contributed by atoms with Crippen LogP contribution in [0, 0.1) is 6.92 Å². The topological polar surface area (TPSA) is 67.2 Å². The molecule has 6 heteroatoms. The fraction of sp³-hybridized carbons (Fsp3) is 0.471. The van der Waals surface area contributed by atoms with Gasteiger partial charge in [0.1, 0.15) is 0 Å². The highest BCUT2D eigenvalue weighted by Crippen LogP contribution is 2.16. The Bertz CT molecular complexity index is 691. The van der Waals surface area contributed by atoms with E-state index in [0.717, 1.165) is 23.0 Å². The highest BCUT2D eigenvalue weighted by Gasteiger charge is 2.11. The van der Waals surface area contributed by atoms with Crippen molar-refractivity contribution in [3.05, 3.63) is 30.0 Å². The monoisotopic (exact) mass is 316 g/mol. The van der Waals surface area contributed by atoms with E-state index < -0.39 is 0 Å². The lowest BCUT2D eigenvalue weighted by Crippen LogP contribution is -2.31. The molecule has 6 nitrogen and oxygen atoms in total. The molecule has 1 amide bonds. The minimum absolute atomic E-state index is 0.0133. The first-order valence-corrected chi connectivity index (χ1v) is 7.86. The number of carbonyl (C=O) groups is 2. The highest BCUT2D eigenvalue weighted by molar-refractivity contribution is 5.91. The summed E-state index contributed by atoms with van der Waals surface area (Å²) in [6, 6.07) is 5.87. The number of amides is 1. The van der Waals surface area contributed by atoms with Crippen molar-refractivity contribution < 1.29 is 9.59 Å². The molecule has 2 rings (SSSR count). The molecule has 0 unspecified atom stereocenters. The number of rotatable bonds is 7. The molecule has 1 aromatic carbocycles. The third-order valence-electron chi connectivity index (χ3n) is 3.64. The summed E-state index contributed by atoms with van der Waals surface area (Å²) in [5.74, 6) is -0.0921. The number of benzene rings is 1. The molecule has 1 N–H and O–H groups in total. The van der Waals surface area contributed by atoms with Crippen molar-refractivity contribution in [2.45, 2.75) is 26.2 Å². The van der Waals surface area contributed by atoms with Gasteiger partial charge in [-0.05, 0) is 39.6 Å². The second kappa shape index (κ2) is 7.87. The van der Waals surface area contributed by atoms with Crippen molar-refractivity contribution in [2.24, 2.45) is 0 Å². The minimum atomic E-state index is -0.0788. The predicted octanol–water partition coefficient (Wildman–Crippen LogP) is 1.83. The van der Waals surface area contributed by atoms with Crippen molar-refractivity contribution in [1.29, 1.82) is 0 Å². The smallest absolute Gasteiger partial charge is 0.247 e. The van der Waals surface area contributed by atoms with Crippen LogP contribution >= 0.6 is 0 Å². The van der Waals surface area contributed by atoms with E-state index in [1.165, 1.54) is 4.68 Å². The maximum Gasteiger partial charge on any atom is 0.247 e. The molecule has 23 heavy (non-hydrogen) atoms. The summed E-state index contributed by atoms with van der Waals surface area (Å²) in [5, 5.41) is 7.97.